The van der Waals surface area contributed by atoms with Gasteiger partial charge >= 0.3 is 0 Å². The summed E-state index contributed by atoms with van der Waals surface area (Å²) in [6, 6.07) is 8.32. The van der Waals surface area contributed by atoms with E-state index >= 15 is 0 Å². The van der Waals surface area contributed by atoms with Crippen molar-refractivity contribution in [2.24, 2.45) is 0 Å². The molecule has 0 bridgehead atoms. The smallest absolute Gasteiger partial charge is 0.221 e. The van der Waals surface area contributed by atoms with Crippen LogP contribution in [0, 0.1) is 0 Å². The van der Waals surface area contributed by atoms with Gasteiger partial charge in [-0.3, -0.25) is 4.79 Å². The van der Waals surface area contributed by atoms with E-state index in [9.17, 15) is 4.79 Å². The summed E-state index contributed by atoms with van der Waals surface area (Å²) in [4.78, 5) is 19.5. The van der Waals surface area contributed by atoms with Crippen LogP contribution in [0.3, 0.4) is 0 Å². The van der Waals surface area contributed by atoms with Crippen LogP contribution in [0.25, 0.3) is 11.0 Å². The molecule has 1 aromatic heterocycles. The Bertz CT molecular complexity index is 553. The van der Waals surface area contributed by atoms with Crippen molar-refractivity contribution in [2.45, 2.75) is 31.7 Å². The first kappa shape index (κ1) is 13.1. The first-order valence-corrected chi connectivity index (χ1v) is 7.25. The van der Waals surface area contributed by atoms with Gasteiger partial charge in [0.05, 0.1) is 11.0 Å². The predicted octanol–water partition coefficient (Wildman–Crippen LogP) is 1.36. The van der Waals surface area contributed by atoms with E-state index < -0.39 is 0 Å². The molecule has 1 fully saturated rings. The lowest BCUT2D eigenvalue weighted by molar-refractivity contribution is -0.121. The molecular weight excluding hydrogens is 252 g/mol. The highest BCUT2D eigenvalue weighted by Crippen LogP contribution is 2.10. The van der Waals surface area contributed by atoms with Gasteiger partial charge in [0, 0.05) is 25.4 Å². The van der Waals surface area contributed by atoms with Crippen LogP contribution in [0.1, 0.15) is 25.1 Å². The molecule has 3 rings (SSSR count). The standard InChI is InChI=1S/C15H20N4O/c20-15(10-11-4-3-8-16-11)17-9-7-14-18-12-5-1-2-6-13(12)19-14/h1-2,5-6,11,16H,3-4,7-10H2,(H,17,20)(H,18,19). The molecule has 3 N–H and O–H groups in total. The minimum atomic E-state index is 0.125. The maximum Gasteiger partial charge on any atom is 0.221 e. The largest absolute Gasteiger partial charge is 0.356 e. The Morgan fingerprint density at radius 2 is 2.30 bits per heavy atom. The molecule has 2 aromatic rings. The maximum atomic E-state index is 11.8. The first-order valence-electron chi connectivity index (χ1n) is 7.25. The van der Waals surface area contributed by atoms with Crippen LogP contribution < -0.4 is 10.6 Å². The third kappa shape index (κ3) is 3.17. The minimum Gasteiger partial charge on any atom is -0.356 e. The van der Waals surface area contributed by atoms with E-state index in [1.165, 1.54) is 6.42 Å². The molecule has 1 amide bonds. The highest BCUT2D eigenvalue weighted by Gasteiger charge is 2.17. The predicted molar refractivity (Wildman–Crippen MR) is 78.4 cm³/mol. The van der Waals surface area contributed by atoms with Crippen molar-refractivity contribution in [3.05, 3.63) is 30.1 Å². The fraction of sp³-hybridized carbons (Fsp3) is 0.467. The Morgan fingerprint density at radius 3 is 3.10 bits per heavy atom. The van der Waals surface area contributed by atoms with Crippen molar-refractivity contribution in [2.75, 3.05) is 13.1 Å². The van der Waals surface area contributed by atoms with Crippen LogP contribution in [-0.2, 0) is 11.2 Å². The van der Waals surface area contributed by atoms with E-state index in [4.69, 9.17) is 0 Å². The van der Waals surface area contributed by atoms with Gasteiger partial charge in [-0.05, 0) is 31.5 Å². The van der Waals surface area contributed by atoms with Gasteiger partial charge in [0.2, 0.25) is 5.91 Å². The van der Waals surface area contributed by atoms with Gasteiger partial charge < -0.3 is 15.6 Å². The van der Waals surface area contributed by atoms with Crippen LogP contribution in [0.2, 0.25) is 0 Å². The highest BCUT2D eigenvalue weighted by molar-refractivity contribution is 5.76. The number of imidazole rings is 1. The van der Waals surface area contributed by atoms with Gasteiger partial charge in [0.25, 0.3) is 0 Å². The van der Waals surface area contributed by atoms with Crippen LogP contribution >= 0.6 is 0 Å². The molecule has 0 aliphatic carbocycles. The van der Waals surface area contributed by atoms with E-state index in [1.54, 1.807) is 0 Å². The Hall–Kier alpha value is -1.88. The molecule has 1 saturated heterocycles. The molecule has 1 aliphatic heterocycles. The highest BCUT2D eigenvalue weighted by atomic mass is 16.1. The number of para-hydroxylation sites is 2. The number of aromatic nitrogens is 2. The Labute approximate surface area is 118 Å². The van der Waals surface area contributed by atoms with Gasteiger partial charge in [-0.1, -0.05) is 12.1 Å². The molecule has 0 saturated carbocycles. The van der Waals surface area contributed by atoms with Crippen molar-refractivity contribution < 1.29 is 4.79 Å². The average molecular weight is 272 g/mol. The van der Waals surface area contributed by atoms with Gasteiger partial charge in [-0.25, -0.2) is 4.98 Å². The Morgan fingerprint density at radius 1 is 1.40 bits per heavy atom. The molecule has 5 heteroatoms. The summed E-state index contributed by atoms with van der Waals surface area (Å²) in [7, 11) is 0. The Balaban J connectivity index is 1.45. The zero-order valence-electron chi connectivity index (χ0n) is 11.5. The molecule has 1 unspecified atom stereocenters. The summed E-state index contributed by atoms with van der Waals surface area (Å²) >= 11 is 0. The number of benzene rings is 1. The number of aromatic amines is 1. The number of fused-ring (bicyclic) bond motifs is 1. The van der Waals surface area contributed by atoms with Crippen molar-refractivity contribution >= 4 is 16.9 Å². The first-order chi connectivity index (χ1) is 9.81. The zero-order valence-corrected chi connectivity index (χ0v) is 11.5. The van der Waals surface area contributed by atoms with Crippen molar-refractivity contribution in [1.29, 1.82) is 0 Å². The second-order valence-corrected chi connectivity index (χ2v) is 5.30. The summed E-state index contributed by atoms with van der Waals surface area (Å²) in [5.41, 5.74) is 2.02. The number of hydrogen-bond acceptors (Lipinski definition) is 3. The van der Waals surface area contributed by atoms with Gasteiger partial charge in [0.1, 0.15) is 5.82 Å². The van der Waals surface area contributed by atoms with Gasteiger partial charge in [-0.2, -0.15) is 0 Å². The van der Waals surface area contributed by atoms with Gasteiger partial charge in [0.15, 0.2) is 0 Å². The second kappa shape index (κ2) is 6.05. The molecule has 1 aromatic carbocycles. The molecule has 5 nitrogen and oxygen atoms in total. The molecule has 1 atom stereocenters. The van der Waals surface area contributed by atoms with E-state index in [0.29, 0.717) is 19.0 Å². The summed E-state index contributed by atoms with van der Waals surface area (Å²) < 4.78 is 0. The van der Waals surface area contributed by atoms with Crippen LogP contribution in [0.5, 0.6) is 0 Å². The number of amides is 1. The number of hydrogen-bond donors (Lipinski definition) is 3. The van der Waals surface area contributed by atoms with E-state index in [-0.39, 0.29) is 5.91 Å². The molecule has 0 radical (unpaired) electrons. The van der Waals surface area contributed by atoms with Crippen molar-refractivity contribution in [1.82, 2.24) is 20.6 Å². The number of nitrogens with one attached hydrogen (secondary N) is 3. The summed E-state index contributed by atoms with van der Waals surface area (Å²) in [5, 5.41) is 6.30. The summed E-state index contributed by atoms with van der Waals surface area (Å²) in [5.74, 6) is 1.05. The van der Waals surface area contributed by atoms with Crippen LogP contribution in [0.15, 0.2) is 24.3 Å². The lowest BCUT2D eigenvalue weighted by atomic mass is 10.1. The van der Waals surface area contributed by atoms with E-state index in [2.05, 4.69) is 20.6 Å². The van der Waals surface area contributed by atoms with Crippen LogP contribution in [0.4, 0.5) is 0 Å². The van der Waals surface area contributed by atoms with E-state index in [1.807, 2.05) is 24.3 Å². The van der Waals surface area contributed by atoms with Gasteiger partial charge in [-0.15, -0.1) is 0 Å². The van der Waals surface area contributed by atoms with Crippen molar-refractivity contribution in [3.63, 3.8) is 0 Å². The Kier molecular flexibility index (Phi) is 3.97. The van der Waals surface area contributed by atoms with E-state index in [0.717, 1.165) is 36.2 Å². The summed E-state index contributed by atoms with van der Waals surface area (Å²) in [6.07, 6.45) is 3.60. The van der Waals surface area contributed by atoms with Crippen molar-refractivity contribution in [3.8, 4) is 0 Å². The molecule has 2 heterocycles. The third-order valence-corrected chi connectivity index (χ3v) is 3.72. The number of H-pyrrole nitrogens is 1. The topological polar surface area (TPSA) is 69.8 Å². The fourth-order valence-electron chi connectivity index (χ4n) is 2.67. The molecule has 20 heavy (non-hydrogen) atoms. The maximum absolute atomic E-state index is 11.8. The molecular formula is C15H20N4O. The molecule has 0 spiro atoms. The fourth-order valence-corrected chi connectivity index (χ4v) is 2.67. The quantitative estimate of drug-likeness (QED) is 0.770. The number of carbonyl (C=O) groups excluding carboxylic acids is 1. The molecule has 106 valence electrons. The number of rotatable bonds is 5. The lowest BCUT2D eigenvalue weighted by Crippen LogP contribution is -2.32. The average Bonchev–Trinajstić information content (AvgIpc) is 3.07. The normalized spacial score (nSPS) is 18.5. The van der Waals surface area contributed by atoms with Crippen LogP contribution in [-0.4, -0.2) is 35.0 Å². The zero-order chi connectivity index (χ0) is 13.8. The number of carbonyl (C=O) groups is 1. The number of nitrogens with zero attached hydrogens (tertiary/aromatic N) is 1. The second-order valence-electron chi connectivity index (χ2n) is 5.30. The lowest BCUT2D eigenvalue weighted by Gasteiger charge is -2.09. The monoisotopic (exact) mass is 272 g/mol. The SMILES string of the molecule is O=C(CC1CCCN1)NCCc1nc2ccccc2[nH]1. The minimum absolute atomic E-state index is 0.125. The summed E-state index contributed by atoms with van der Waals surface area (Å²) in [6.45, 7) is 1.67. The molecule has 1 aliphatic rings. The third-order valence-electron chi connectivity index (χ3n) is 3.72.